The van der Waals surface area contributed by atoms with Gasteiger partial charge < -0.3 is 4.57 Å². The molecule has 3 rings (SSSR count). The predicted octanol–water partition coefficient (Wildman–Crippen LogP) is 2.87. The van der Waals surface area contributed by atoms with Gasteiger partial charge in [-0.1, -0.05) is 39.0 Å². The Bertz CT molecular complexity index is 1250. The highest BCUT2D eigenvalue weighted by molar-refractivity contribution is 7.89. The molecule has 2 amide bonds. The third-order valence-electron chi connectivity index (χ3n) is 5.52. The van der Waals surface area contributed by atoms with E-state index in [9.17, 15) is 18.0 Å². The number of hydrazine groups is 1. The number of rotatable bonds is 10. The number of hydrogen-bond acceptors (Lipinski definition) is 5. The summed E-state index contributed by atoms with van der Waals surface area (Å²) in [6.45, 7) is 7.13. The van der Waals surface area contributed by atoms with Crippen molar-refractivity contribution >= 4 is 32.9 Å². The molecule has 1 heterocycles. The number of imidazole rings is 1. The van der Waals surface area contributed by atoms with Crippen molar-refractivity contribution in [1.82, 2.24) is 24.7 Å². The van der Waals surface area contributed by atoms with Crippen LogP contribution in [0, 0.1) is 0 Å². The molecule has 34 heavy (non-hydrogen) atoms. The Morgan fingerprint density at radius 3 is 2.35 bits per heavy atom. The fourth-order valence-electron chi connectivity index (χ4n) is 3.77. The van der Waals surface area contributed by atoms with E-state index >= 15 is 0 Å². The summed E-state index contributed by atoms with van der Waals surface area (Å²) in [5.41, 5.74) is 6.69. The SMILES string of the molecule is CCCn1c(CCC(=O)NNC(=O)c2ccccc2)nc2cc(S(=O)(=O)N(CC)CC)ccc21. The number of benzene rings is 2. The molecule has 0 bridgehead atoms. The van der Waals surface area contributed by atoms with E-state index in [0.717, 1.165) is 11.9 Å². The van der Waals surface area contributed by atoms with E-state index < -0.39 is 15.9 Å². The lowest BCUT2D eigenvalue weighted by Crippen LogP contribution is -2.41. The number of carbonyl (C=O) groups is 2. The lowest BCUT2D eigenvalue weighted by molar-refractivity contribution is -0.121. The third kappa shape index (κ3) is 5.63. The molecule has 3 aromatic rings. The molecule has 0 aliphatic rings. The Balaban J connectivity index is 1.74. The Morgan fingerprint density at radius 2 is 1.71 bits per heavy atom. The fraction of sp³-hybridized carbons (Fsp3) is 0.375. The summed E-state index contributed by atoms with van der Waals surface area (Å²) in [4.78, 5) is 29.3. The standard InChI is InChI=1S/C24H31N5O4S/c1-4-16-29-21-13-12-19(34(32,33)28(5-2)6-3)17-20(21)25-22(29)14-15-23(30)26-27-24(31)18-10-8-7-9-11-18/h7-13,17H,4-6,14-16H2,1-3H3,(H,26,30)(H,27,31). The molecule has 0 saturated heterocycles. The van der Waals surface area contributed by atoms with Crippen LogP contribution in [0.5, 0.6) is 0 Å². The van der Waals surface area contributed by atoms with Crippen molar-refractivity contribution in [2.24, 2.45) is 0 Å². The number of aryl methyl sites for hydroxylation is 2. The maximum atomic E-state index is 12.9. The zero-order valence-corrected chi connectivity index (χ0v) is 20.6. The fourth-order valence-corrected chi connectivity index (χ4v) is 5.25. The first-order valence-corrected chi connectivity index (χ1v) is 12.9. The molecule has 0 aliphatic carbocycles. The van der Waals surface area contributed by atoms with E-state index in [4.69, 9.17) is 0 Å². The van der Waals surface area contributed by atoms with Gasteiger partial charge in [-0.2, -0.15) is 4.31 Å². The summed E-state index contributed by atoms with van der Waals surface area (Å²) in [5.74, 6) is -0.0444. The lowest BCUT2D eigenvalue weighted by Gasteiger charge is -2.18. The van der Waals surface area contributed by atoms with Crippen LogP contribution < -0.4 is 10.9 Å². The van der Waals surface area contributed by atoms with Crippen LogP contribution in [0.4, 0.5) is 0 Å². The molecule has 0 spiro atoms. The van der Waals surface area contributed by atoms with Crippen LogP contribution in [0.1, 0.15) is 49.8 Å². The second-order valence-corrected chi connectivity index (χ2v) is 9.73. The minimum Gasteiger partial charge on any atom is -0.328 e. The van der Waals surface area contributed by atoms with Gasteiger partial charge in [-0.25, -0.2) is 13.4 Å². The lowest BCUT2D eigenvalue weighted by atomic mass is 10.2. The number of carbonyl (C=O) groups excluding carboxylic acids is 2. The van der Waals surface area contributed by atoms with Gasteiger partial charge in [0, 0.05) is 38.0 Å². The molecule has 9 nitrogen and oxygen atoms in total. The summed E-state index contributed by atoms with van der Waals surface area (Å²) < 4.78 is 29.2. The molecule has 0 atom stereocenters. The number of fused-ring (bicyclic) bond motifs is 1. The van der Waals surface area contributed by atoms with Crippen LogP contribution in [-0.4, -0.2) is 47.2 Å². The van der Waals surface area contributed by atoms with Crippen LogP contribution in [0.3, 0.4) is 0 Å². The molecule has 0 fully saturated rings. The van der Waals surface area contributed by atoms with Crippen molar-refractivity contribution in [1.29, 1.82) is 0 Å². The third-order valence-corrected chi connectivity index (χ3v) is 7.56. The van der Waals surface area contributed by atoms with E-state index in [-0.39, 0.29) is 17.2 Å². The Labute approximate surface area is 200 Å². The summed E-state index contributed by atoms with van der Waals surface area (Å²) in [5, 5.41) is 0. The van der Waals surface area contributed by atoms with Crippen molar-refractivity contribution in [2.45, 2.75) is 51.5 Å². The molecule has 10 heteroatoms. The van der Waals surface area contributed by atoms with E-state index in [2.05, 4.69) is 15.8 Å². The van der Waals surface area contributed by atoms with Gasteiger partial charge in [0.1, 0.15) is 5.82 Å². The second-order valence-electron chi connectivity index (χ2n) is 7.79. The van der Waals surface area contributed by atoms with Crippen LogP contribution >= 0.6 is 0 Å². The Morgan fingerprint density at radius 1 is 1.00 bits per heavy atom. The second kappa shape index (κ2) is 11.3. The monoisotopic (exact) mass is 485 g/mol. The molecular formula is C24H31N5O4S. The largest absolute Gasteiger partial charge is 0.328 e. The van der Waals surface area contributed by atoms with Crippen LogP contribution in [0.15, 0.2) is 53.4 Å². The number of nitrogens with zero attached hydrogens (tertiary/aromatic N) is 3. The van der Waals surface area contributed by atoms with Gasteiger partial charge in [0.05, 0.1) is 15.9 Å². The van der Waals surface area contributed by atoms with E-state index in [0.29, 0.717) is 43.0 Å². The van der Waals surface area contributed by atoms with E-state index in [1.807, 2.05) is 11.5 Å². The Hall–Kier alpha value is -3.24. The molecular weight excluding hydrogens is 454 g/mol. The molecule has 0 saturated carbocycles. The van der Waals surface area contributed by atoms with Crippen molar-refractivity contribution in [3.63, 3.8) is 0 Å². The maximum absolute atomic E-state index is 12.9. The van der Waals surface area contributed by atoms with E-state index in [1.165, 1.54) is 4.31 Å². The van der Waals surface area contributed by atoms with Crippen LogP contribution in [-0.2, 0) is 27.8 Å². The van der Waals surface area contributed by atoms with Gasteiger partial charge >= 0.3 is 0 Å². The predicted molar refractivity (Wildman–Crippen MR) is 131 cm³/mol. The minimum absolute atomic E-state index is 0.118. The molecule has 0 aliphatic heterocycles. The zero-order valence-electron chi connectivity index (χ0n) is 19.7. The average molecular weight is 486 g/mol. The van der Waals surface area contributed by atoms with E-state index in [1.54, 1.807) is 62.4 Å². The molecule has 1 aromatic heterocycles. The van der Waals surface area contributed by atoms with Crippen LogP contribution in [0.2, 0.25) is 0 Å². The van der Waals surface area contributed by atoms with Crippen molar-refractivity contribution in [2.75, 3.05) is 13.1 Å². The number of hydrogen-bond donors (Lipinski definition) is 2. The number of nitrogens with one attached hydrogen (secondary N) is 2. The molecule has 0 unspecified atom stereocenters. The maximum Gasteiger partial charge on any atom is 0.269 e. The first kappa shape index (κ1) is 25.4. The summed E-state index contributed by atoms with van der Waals surface area (Å²) in [7, 11) is -3.59. The van der Waals surface area contributed by atoms with Crippen molar-refractivity contribution in [3.8, 4) is 0 Å². The van der Waals surface area contributed by atoms with Crippen molar-refractivity contribution < 1.29 is 18.0 Å². The molecule has 2 aromatic carbocycles. The first-order chi connectivity index (χ1) is 16.3. The highest BCUT2D eigenvalue weighted by Crippen LogP contribution is 2.24. The number of sulfonamides is 1. The van der Waals surface area contributed by atoms with Gasteiger partial charge in [-0.05, 0) is 36.8 Å². The molecule has 2 N–H and O–H groups in total. The van der Waals surface area contributed by atoms with Crippen molar-refractivity contribution in [3.05, 3.63) is 59.9 Å². The summed E-state index contributed by atoms with van der Waals surface area (Å²) >= 11 is 0. The number of aromatic nitrogens is 2. The smallest absolute Gasteiger partial charge is 0.269 e. The molecule has 0 radical (unpaired) electrons. The quantitative estimate of drug-likeness (QED) is 0.429. The van der Waals surface area contributed by atoms with Gasteiger partial charge in [0.15, 0.2) is 0 Å². The van der Waals surface area contributed by atoms with Gasteiger partial charge in [-0.15, -0.1) is 0 Å². The number of amides is 2. The van der Waals surface area contributed by atoms with Gasteiger partial charge in [0.2, 0.25) is 15.9 Å². The molecule has 182 valence electrons. The first-order valence-electron chi connectivity index (χ1n) is 11.4. The van der Waals surface area contributed by atoms with Gasteiger partial charge in [-0.3, -0.25) is 20.4 Å². The minimum atomic E-state index is -3.59. The van der Waals surface area contributed by atoms with Crippen LogP contribution in [0.25, 0.3) is 11.0 Å². The topological polar surface area (TPSA) is 113 Å². The average Bonchev–Trinajstić information content (AvgIpc) is 3.19. The highest BCUT2D eigenvalue weighted by Gasteiger charge is 2.23. The Kier molecular flexibility index (Phi) is 8.41. The highest BCUT2D eigenvalue weighted by atomic mass is 32.2. The normalized spacial score (nSPS) is 11.6. The van der Waals surface area contributed by atoms with Gasteiger partial charge in [0.25, 0.3) is 5.91 Å². The summed E-state index contributed by atoms with van der Waals surface area (Å²) in [6, 6.07) is 13.6. The zero-order chi connectivity index (χ0) is 24.7. The summed E-state index contributed by atoms with van der Waals surface area (Å²) in [6.07, 6.45) is 1.32.